The van der Waals surface area contributed by atoms with Crippen LogP contribution < -0.4 is 0 Å². The zero-order valence-corrected chi connectivity index (χ0v) is 9.45. The number of nitrogens with zero attached hydrogens (tertiary/aromatic N) is 4. The summed E-state index contributed by atoms with van der Waals surface area (Å²) in [6, 6.07) is 3.86. The molecule has 1 aliphatic rings. The van der Waals surface area contributed by atoms with Gasteiger partial charge in [-0.2, -0.15) is 0 Å². The van der Waals surface area contributed by atoms with Crippen LogP contribution in [0.4, 0.5) is 0 Å². The highest BCUT2D eigenvalue weighted by Gasteiger charge is 2.24. The third-order valence-electron chi connectivity index (χ3n) is 3.24. The number of rotatable bonds is 2. The monoisotopic (exact) mass is 230 g/mol. The molecule has 2 aromatic rings. The maximum absolute atomic E-state index is 9.33. The summed E-state index contributed by atoms with van der Waals surface area (Å²) in [5.74, 6) is 1.91. The summed E-state index contributed by atoms with van der Waals surface area (Å²) >= 11 is 0. The van der Waals surface area contributed by atoms with Gasteiger partial charge in [0, 0.05) is 30.4 Å². The minimum absolute atomic E-state index is 0.131. The number of aliphatic hydroxyl groups is 1. The molecule has 0 radical (unpaired) electrons. The lowest BCUT2D eigenvalue weighted by Gasteiger charge is -2.21. The first kappa shape index (κ1) is 10.4. The van der Waals surface area contributed by atoms with Crippen LogP contribution in [0.3, 0.4) is 0 Å². The predicted molar refractivity (Wildman–Crippen MR) is 62.3 cm³/mol. The molecule has 0 saturated carbocycles. The number of pyridine rings is 1. The molecule has 1 atom stereocenters. The molecule has 5 heteroatoms. The van der Waals surface area contributed by atoms with Gasteiger partial charge < -0.3 is 9.67 Å². The Morgan fingerprint density at radius 1 is 1.29 bits per heavy atom. The van der Waals surface area contributed by atoms with E-state index in [9.17, 15) is 5.11 Å². The highest BCUT2D eigenvalue weighted by atomic mass is 16.3. The summed E-state index contributed by atoms with van der Waals surface area (Å²) in [5, 5.41) is 17.8. The van der Waals surface area contributed by atoms with Crippen molar-refractivity contribution in [2.75, 3.05) is 6.61 Å². The minimum atomic E-state index is 0.131. The van der Waals surface area contributed by atoms with Crippen molar-refractivity contribution in [3.63, 3.8) is 0 Å². The minimum Gasteiger partial charge on any atom is -0.396 e. The van der Waals surface area contributed by atoms with E-state index in [0.29, 0.717) is 0 Å². The van der Waals surface area contributed by atoms with E-state index in [-0.39, 0.29) is 12.5 Å². The fraction of sp³-hybridized carbons (Fsp3) is 0.417. The number of aromatic nitrogens is 4. The van der Waals surface area contributed by atoms with Crippen molar-refractivity contribution in [3.05, 3.63) is 30.4 Å². The van der Waals surface area contributed by atoms with Gasteiger partial charge in [-0.05, 0) is 25.0 Å². The number of aliphatic hydroxyl groups excluding tert-OH is 1. The van der Waals surface area contributed by atoms with E-state index in [1.807, 2.05) is 12.1 Å². The van der Waals surface area contributed by atoms with Gasteiger partial charge in [-0.15, -0.1) is 10.2 Å². The topological polar surface area (TPSA) is 63.8 Å². The zero-order chi connectivity index (χ0) is 11.7. The number of fused-ring (bicyclic) bond motifs is 1. The Labute approximate surface area is 99.1 Å². The van der Waals surface area contributed by atoms with Crippen molar-refractivity contribution in [2.45, 2.75) is 25.3 Å². The summed E-state index contributed by atoms with van der Waals surface area (Å²) in [5.41, 5.74) is 1.03. The Bertz CT molecular complexity index is 508. The molecule has 0 fully saturated rings. The molecule has 0 aliphatic carbocycles. The average Bonchev–Trinajstić information content (AvgIpc) is 2.83. The van der Waals surface area contributed by atoms with Gasteiger partial charge in [-0.1, -0.05) is 0 Å². The van der Waals surface area contributed by atoms with E-state index in [0.717, 1.165) is 36.6 Å². The van der Waals surface area contributed by atoms with E-state index < -0.39 is 0 Å². The molecule has 3 heterocycles. The van der Waals surface area contributed by atoms with Crippen molar-refractivity contribution >= 4 is 0 Å². The largest absolute Gasteiger partial charge is 0.396 e. The van der Waals surface area contributed by atoms with Gasteiger partial charge in [-0.3, -0.25) is 4.98 Å². The van der Waals surface area contributed by atoms with Crippen molar-refractivity contribution in [3.8, 4) is 11.4 Å². The van der Waals surface area contributed by atoms with Gasteiger partial charge in [0.05, 0.1) is 6.61 Å². The first-order valence-corrected chi connectivity index (χ1v) is 5.84. The van der Waals surface area contributed by atoms with Crippen molar-refractivity contribution < 1.29 is 5.11 Å². The van der Waals surface area contributed by atoms with E-state index in [1.54, 1.807) is 12.4 Å². The van der Waals surface area contributed by atoms with Crippen molar-refractivity contribution in [1.82, 2.24) is 19.7 Å². The highest BCUT2D eigenvalue weighted by molar-refractivity contribution is 5.54. The Morgan fingerprint density at radius 2 is 2.12 bits per heavy atom. The Balaban J connectivity index is 2.06. The van der Waals surface area contributed by atoms with E-state index in [4.69, 9.17) is 0 Å². The average molecular weight is 230 g/mol. The molecule has 0 bridgehead atoms. The third kappa shape index (κ3) is 1.72. The quantitative estimate of drug-likeness (QED) is 0.842. The molecule has 0 saturated heterocycles. The SMILES string of the molecule is OCC1CCCn2c(-c3ccncc3)nnc21. The summed E-state index contributed by atoms with van der Waals surface area (Å²) in [6.45, 7) is 1.07. The molecule has 1 unspecified atom stereocenters. The molecular formula is C12H14N4O. The van der Waals surface area contributed by atoms with Crippen LogP contribution in [-0.4, -0.2) is 31.5 Å². The zero-order valence-electron chi connectivity index (χ0n) is 9.45. The molecule has 0 amide bonds. The summed E-state index contributed by atoms with van der Waals surface area (Å²) in [7, 11) is 0. The predicted octanol–water partition coefficient (Wildman–Crippen LogP) is 1.21. The fourth-order valence-corrected chi connectivity index (χ4v) is 2.35. The second-order valence-corrected chi connectivity index (χ2v) is 4.29. The molecule has 3 rings (SSSR count). The molecule has 0 spiro atoms. The second-order valence-electron chi connectivity index (χ2n) is 4.29. The van der Waals surface area contributed by atoms with Crippen LogP contribution in [0.15, 0.2) is 24.5 Å². The van der Waals surface area contributed by atoms with Gasteiger partial charge in [0.25, 0.3) is 0 Å². The molecule has 0 aromatic carbocycles. The van der Waals surface area contributed by atoms with Gasteiger partial charge >= 0.3 is 0 Å². The number of hydrogen-bond acceptors (Lipinski definition) is 4. The lowest BCUT2D eigenvalue weighted by molar-refractivity contribution is 0.238. The molecule has 5 nitrogen and oxygen atoms in total. The molecular weight excluding hydrogens is 216 g/mol. The van der Waals surface area contributed by atoms with Gasteiger partial charge in [0.2, 0.25) is 0 Å². The Hall–Kier alpha value is -1.75. The van der Waals surface area contributed by atoms with Gasteiger partial charge in [0.15, 0.2) is 5.82 Å². The van der Waals surface area contributed by atoms with Crippen LogP contribution in [0.5, 0.6) is 0 Å². The summed E-state index contributed by atoms with van der Waals surface area (Å²) < 4.78 is 2.11. The molecule has 1 aliphatic heterocycles. The Morgan fingerprint density at radius 3 is 2.88 bits per heavy atom. The Kier molecular flexibility index (Phi) is 2.60. The number of hydrogen-bond donors (Lipinski definition) is 1. The first-order chi connectivity index (χ1) is 8.40. The van der Waals surface area contributed by atoms with Crippen LogP contribution in [0, 0.1) is 0 Å². The third-order valence-corrected chi connectivity index (χ3v) is 3.24. The molecule has 2 aromatic heterocycles. The molecule has 17 heavy (non-hydrogen) atoms. The molecule has 88 valence electrons. The maximum atomic E-state index is 9.33. The van der Waals surface area contributed by atoms with Crippen molar-refractivity contribution in [2.24, 2.45) is 0 Å². The van der Waals surface area contributed by atoms with Gasteiger partial charge in [-0.25, -0.2) is 0 Å². The highest BCUT2D eigenvalue weighted by Crippen LogP contribution is 2.29. The van der Waals surface area contributed by atoms with Crippen LogP contribution >= 0.6 is 0 Å². The van der Waals surface area contributed by atoms with Crippen LogP contribution in [0.25, 0.3) is 11.4 Å². The summed E-state index contributed by atoms with van der Waals surface area (Å²) in [6.07, 6.45) is 5.56. The van der Waals surface area contributed by atoms with Crippen molar-refractivity contribution in [1.29, 1.82) is 0 Å². The van der Waals surface area contributed by atoms with E-state index in [2.05, 4.69) is 19.7 Å². The van der Waals surface area contributed by atoms with Crippen LogP contribution in [-0.2, 0) is 6.54 Å². The fourth-order valence-electron chi connectivity index (χ4n) is 2.35. The first-order valence-electron chi connectivity index (χ1n) is 5.84. The molecule has 1 N–H and O–H groups in total. The smallest absolute Gasteiger partial charge is 0.164 e. The van der Waals surface area contributed by atoms with Crippen LogP contribution in [0.2, 0.25) is 0 Å². The van der Waals surface area contributed by atoms with E-state index in [1.165, 1.54) is 0 Å². The lowest BCUT2D eigenvalue weighted by atomic mass is 10.00. The van der Waals surface area contributed by atoms with Gasteiger partial charge in [0.1, 0.15) is 5.82 Å². The van der Waals surface area contributed by atoms with E-state index >= 15 is 0 Å². The standard InChI is InChI=1S/C12H14N4O/c17-8-10-2-1-7-16-11(14-15-12(10)16)9-3-5-13-6-4-9/h3-6,10,17H,1-2,7-8H2. The lowest BCUT2D eigenvalue weighted by Crippen LogP contribution is -2.19. The summed E-state index contributed by atoms with van der Waals surface area (Å²) in [4.78, 5) is 4.00. The maximum Gasteiger partial charge on any atom is 0.164 e. The second kappa shape index (κ2) is 4.25. The van der Waals surface area contributed by atoms with Crippen LogP contribution in [0.1, 0.15) is 24.6 Å². The normalized spacial score (nSPS) is 19.0.